The Balaban J connectivity index is 1.01. The predicted octanol–water partition coefficient (Wildman–Crippen LogP) is 18.1. The van der Waals surface area contributed by atoms with E-state index in [1.165, 1.54) is 44.5 Å². The Hall–Kier alpha value is -8.98. The highest BCUT2D eigenvalue weighted by Gasteiger charge is 2.46. The summed E-state index contributed by atoms with van der Waals surface area (Å²) in [5.74, 6) is 0. The summed E-state index contributed by atoms with van der Waals surface area (Å²) in [6, 6.07) is 99.3. The summed E-state index contributed by atoms with van der Waals surface area (Å²) >= 11 is 0. The molecule has 0 fully saturated rings. The first-order valence-corrected chi connectivity index (χ1v) is 23.7. The SMILES string of the molecule is c1ccc(-c2cc(-c3ccccc3)cc(N(c3ccc(-c4ccc5oc6c(-c7ccccc7)cccc6c5c4)cc3)c3ccc4c(c3)C(c3ccccc3)(c3ccccc3)c3ccccc3-4)c2)cc1. The summed E-state index contributed by atoms with van der Waals surface area (Å²) < 4.78 is 6.58. The second-order valence-electron chi connectivity index (χ2n) is 18.0. The Morgan fingerprint density at radius 3 is 1.42 bits per heavy atom. The summed E-state index contributed by atoms with van der Waals surface area (Å²) in [5.41, 5.74) is 21.2. The second kappa shape index (κ2) is 16.7. The second-order valence-corrected chi connectivity index (χ2v) is 18.0. The standard InChI is InChI=1S/C67H45NO/c1-6-19-46(20-7-1)51-41-52(47-21-8-2-9-22-47)43-57(42-51)68(55-36-33-48(34-37-55)50-35-40-65-62(44-50)61-31-18-30-58(66(61)69-65)49-23-10-3-11-24-49)56-38-39-60-59-29-16-17-32-63(59)67(64(60)45-56,53-25-12-4-13-26-53)54-27-14-5-15-28-54/h1-45H. The van der Waals surface area contributed by atoms with E-state index in [0.717, 1.165) is 72.4 Å². The molecule has 0 aliphatic heterocycles. The van der Waals surface area contributed by atoms with Gasteiger partial charge in [0, 0.05) is 33.4 Å². The van der Waals surface area contributed by atoms with Crippen LogP contribution in [0.4, 0.5) is 17.1 Å². The van der Waals surface area contributed by atoms with Crippen LogP contribution < -0.4 is 4.90 Å². The van der Waals surface area contributed by atoms with E-state index in [0.29, 0.717) is 0 Å². The summed E-state index contributed by atoms with van der Waals surface area (Å²) in [7, 11) is 0. The van der Waals surface area contributed by atoms with Gasteiger partial charge in [0.2, 0.25) is 0 Å². The number of hydrogen-bond acceptors (Lipinski definition) is 2. The van der Waals surface area contributed by atoms with Crippen molar-refractivity contribution in [2.45, 2.75) is 5.41 Å². The van der Waals surface area contributed by atoms with E-state index >= 15 is 0 Å². The van der Waals surface area contributed by atoms with Crippen LogP contribution in [0.5, 0.6) is 0 Å². The van der Waals surface area contributed by atoms with Crippen LogP contribution in [-0.4, -0.2) is 0 Å². The van der Waals surface area contributed by atoms with Crippen molar-refractivity contribution in [1.29, 1.82) is 0 Å². The molecule has 1 aliphatic rings. The monoisotopic (exact) mass is 879 g/mol. The van der Waals surface area contributed by atoms with Crippen LogP contribution in [0, 0.1) is 0 Å². The Bertz CT molecular complexity index is 3710. The minimum absolute atomic E-state index is 0.543. The summed E-state index contributed by atoms with van der Waals surface area (Å²) in [5, 5.41) is 2.22. The van der Waals surface area contributed by atoms with E-state index in [9.17, 15) is 0 Å². The third kappa shape index (κ3) is 6.80. The fraction of sp³-hybridized carbons (Fsp3) is 0.0149. The lowest BCUT2D eigenvalue weighted by Gasteiger charge is -2.35. The molecule has 1 aliphatic carbocycles. The van der Waals surface area contributed by atoms with Crippen LogP contribution >= 0.6 is 0 Å². The summed E-state index contributed by atoms with van der Waals surface area (Å²) in [4.78, 5) is 2.45. The minimum atomic E-state index is -0.543. The Labute approximate surface area is 402 Å². The molecule has 0 bridgehead atoms. The van der Waals surface area contributed by atoms with Gasteiger partial charge in [0.25, 0.3) is 0 Å². The fourth-order valence-corrected chi connectivity index (χ4v) is 11.0. The van der Waals surface area contributed by atoms with E-state index in [1.54, 1.807) is 0 Å². The highest BCUT2D eigenvalue weighted by Crippen LogP contribution is 2.57. The lowest BCUT2D eigenvalue weighted by molar-refractivity contribution is 0.670. The molecule has 0 amide bonds. The van der Waals surface area contributed by atoms with Crippen molar-refractivity contribution in [2.24, 2.45) is 0 Å². The highest BCUT2D eigenvalue weighted by molar-refractivity contribution is 6.10. The lowest BCUT2D eigenvalue weighted by atomic mass is 9.67. The number of hydrogen-bond donors (Lipinski definition) is 0. The van der Waals surface area contributed by atoms with Crippen LogP contribution in [0.25, 0.3) is 77.6 Å². The van der Waals surface area contributed by atoms with Crippen LogP contribution in [-0.2, 0) is 5.41 Å². The largest absolute Gasteiger partial charge is 0.455 e. The topological polar surface area (TPSA) is 16.4 Å². The first kappa shape index (κ1) is 40.3. The average Bonchev–Trinajstić information content (AvgIpc) is 3.96. The Kier molecular flexibility index (Phi) is 9.77. The zero-order valence-corrected chi connectivity index (χ0v) is 37.8. The maximum atomic E-state index is 6.58. The molecule has 0 N–H and O–H groups in total. The third-order valence-electron chi connectivity index (χ3n) is 14.1. The molecular weight excluding hydrogens is 835 g/mol. The molecule has 1 heterocycles. The highest BCUT2D eigenvalue weighted by atomic mass is 16.3. The summed E-state index contributed by atoms with van der Waals surface area (Å²) in [6.45, 7) is 0. The van der Waals surface area contributed by atoms with E-state index in [1.807, 2.05) is 0 Å². The molecule has 0 radical (unpaired) electrons. The first-order chi connectivity index (χ1) is 34.2. The van der Waals surface area contributed by atoms with Gasteiger partial charge in [-0.25, -0.2) is 0 Å². The molecule has 1 aromatic heterocycles. The molecule has 2 nitrogen and oxygen atoms in total. The van der Waals surface area contributed by atoms with Gasteiger partial charge in [-0.15, -0.1) is 0 Å². The number of anilines is 3. The van der Waals surface area contributed by atoms with Crippen molar-refractivity contribution >= 4 is 39.0 Å². The van der Waals surface area contributed by atoms with Crippen LogP contribution in [0.3, 0.4) is 0 Å². The van der Waals surface area contributed by atoms with E-state index in [4.69, 9.17) is 4.42 Å². The van der Waals surface area contributed by atoms with Crippen LogP contribution in [0.2, 0.25) is 0 Å². The van der Waals surface area contributed by atoms with Gasteiger partial charge in [-0.3, -0.25) is 0 Å². The number of rotatable bonds is 9. The van der Waals surface area contributed by atoms with Crippen molar-refractivity contribution in [3.05, 3.63) is 295 Å². The van der Waals surface area contributed by atoms with Gasteiger partial charge in [0.15, 0.2) is 0 Å². The first-order valence-electron chi connectivity index (χ1n) is 23.7. The predicted molar refractivity (Wildman–Crippen MR) is 287 cm³/mol. The zero-order valence-electron chi connectivity index (χ0n) is 37.8. The van der Waals surface area contributed by atoms with Crippen molar-refractivity contribution < 1.29 is 4.42 Å². The van der Waals surface area contributed by atoms with E-state index < -0.39 is 5.41 Å². The molecule has 0 spiro atoms. The van der Waals surface area contributed by atoms with E-state index in [-0.39, 0.29) is 0 Å². The molecular formula is C67H45NO. The smallest absolute Gasteiger partial charge is 0.143 e. The van der Waals surface area contributed by atoms with Crippen molar-refractivity contribution in [3.63, 3.8) is 0 Å². The van der Waals surface area contributed by atoms with Crippen molar-refractivity contribution in [2.75, 3.05) is 4.90 Å². The molecule has 324 valence electrons. The fourth-order valence-electron chi connectivity index (χ4n) is 11.0. The molecule has 11 aromatic carbocycles. The average molecular weight is 880 g/mol. The molecule has 69 heavy (non-hydrogen) atoms. The maximum absolute atomic E-state index is 6.58. The van der Waals surface area contributed by atoms with Gasteiger partial charge >= 0.3 is 0 Å². The number of nitrogens with zero attached hydrogens (tertiary/aromatic N) is 1. The molecule has 2 heteroatoms. The van der Waals surface area contributed by atoms with Gasteiger partial charge in [0.05, 0.1) is 5.41 Å². The number of fused-ring (bicyclic) bond motifs is 6. The Morgan fingerprint density at radius 1 is 0.275 bits per heavy atom. The van der Waals surface area contributed by atoms with Crippen molar-refractivity contribution in [1.82, 2.24) is 0 Å². The lowest BCUT2D eigenvalue weighted by Crippen LogP contribution is -2.28. The number of benzene rings is 11. The molecule has 13 rings (SSSR count). The minimum Gasteiger partial charge on any atom is -0.455 e. The molecule has 0 saturated heterocycles. The third-order valence-corrected chi connectivity index (χ3v) is 14.1. The van der Waals surface area contributed by atoms with Gasteiger partial charge in [-0.05, 0) is 127 Å². The van der Waals surface area contributed by atoms with Crippen LogP contribution in [0.15, 0.2) is 277 Å². The van der Waals surface area contributed by atoms with Gasteiger partial charge in [-0.1, -0.05) is 218 Å². The number of para-hydroxylation sites is 1. The van der Waals surface area contributed by atoms with E-state index in [2.05, 4.69) is 278 Å². The van der Waals surface area contributed by atoms with Gasteiger partial charge < -0.3 is 9.32 Å². The van der Waals surface area contributed by atoms with Gasteiger partial charge in [-0.2, -0.15) is 0 Å². The van der Waals surface area contributed by atoms with Crippen LogP contribution in [0.1, 0.15) is 22.3 Å². The van der Waals surface area contributed by atoms with Crippen molar-refractivity contribution in [3.8, 4) is 55.6 Å². The molecule has 0 atom stereocenters. The molecule has 12 aromatic rings. The summed E-state index contributed by atoms with van der Waals surface area (Å²) in [6.07, 6.45) is 0. The zero-order chi connectivity index (χ0) is 45.7. The van der Waals surface area contributed by atoms with Gasteiger partial charge in [0.1, 0.15) is 11.2 Å². The Morgan fingerprint density at radius 2 is 0.783 bits per heavy atom. The normalized spacial score (nSPS) is 12.5. The molecule has 0 unspecified atom stereocenters. The quantitative estimate of drug-likeness (QED) is 0.144. The molecule has 0 saturated carbocycles. The number of furan rings is 1. The maximum Gasteiger partial charge on any atom is 0.143 e.